The molecule has 1 aromatic carbocycles. The van der Waals surface area contributed by atoms with E-state index >= 15 is 0 Å². The number of hydrogen-bond acceptors (Lipinski definition) is 3. The molecule has 4 rings (SSSR count). The fraction of sp³-hybridized carbons (Fsp3) is 0.471. The third-order valence-corrected chi connectivity index (χ3v) is 4.98. The van der Waals surface area contributed by atoms with Crippen LogP contribution in [0, 0.1) is 17.6 Å². The molecule has 24 heavy (non-hydrogen) atoms. The SMILES string of the molecule is O=C([C@@H]1C[C@H]1c1cc(F)ccc1F)N1CCC[C@@H](n2cncn2)C1. The second-order valence-electron chi connectivity index (χ2n) is 6.57. The van der Waals surface area contributed by atoms with E-state index in [1.54, 1.807) is 11.0 Å². The van der Waals surface area contributed by atoms with Gasteiger partial charge in [-0.3, -0.25) is 4.79 Å². The molecule has 2 aromatic rings. The van der Waals surface area contributed by atoms with Crippen LogP contribution in [0.25, 0.3) is 0 Å². The molecular formula is C17H18F2N4O. The number of aromatic nitrogens is 3. The van der Waals surface area contributed by atoms with Crippen LogP contribution in [0.3, 0.4) is 0 Å². The number of hydrogen-bond donors (Lipinski definition) is 0. The zero-order valence-corrected chi connectivity index (χ0v) is 13.1. The lowest BCUT2D eigenvalue weighted by Gasteiger charge is -2.32. The summed E-state index contributed by atoms with van der Waals surface area (Å²) < 4.78 is 29.0. The Morgan fingerprint density at radius 2 is 2.17 bits per heavy atom. The van der Waals surface area contributed by atoms with Gasteiger partial charge in [0, 0.05) is 19.0 Å². The fourth-order valence-corrected chi connectivity index (χ4v) is 3.62. The number of benzene rings is 1. The van der Waals surface area contributed by atoms with E-state index in [2.05, 4.69) is 10.1 Å². The van der Waals surface area contributed by atoms with Crippen LogP contribution in [0.4, 0.5) is 8.78 Å². The van der Waals surface area contributed by atoms with Crippen molar-refractivity contribution in [3.8, 4) is 0 Å². The molecule has 1 aliphatic carbocycles. The Morgan fingerprint density at radius 3 is 2.96 bits per heavy atom. The van der Waals surface area contributed by atoms with Gasteiger partial charge in [0.15, 0.2) is 0 Å². The molecule has 0 bridgehead atoms. The first-order chi connectivity index (χ1) is 11.6. The number of amides is 1. The minimum atomic E-state index is -0.464. The van der Waals surface area contributed by atoms with Crippen LogP contribution in [0.15, 0.2) is 30.9 Å². The first-order valence-electron chi connectivity index (χ1n) is 8.21. The van der Waals surface area contributed by atoms with Crippen LogP contribution < -0.4 is 0 Å². The topological polar surface area (TPSA) is 51.0 Å². The Morgan fingerprint density at radius 1 is 1.29 bits per heavy atom. The van der Waals surface area contributed by atoms with Crippen molar-refractivity contribution in [2.75, 3.05) is 13.1 Å². The fourth-order valence-electron chi connectivity index (χ4n) is 3.62. The number of halogens is 2. The average molecular weight is 332 g/mol. The van der Waals surface area contributed by atoms with Crippen LogP contribution in [-0.2, 0) is 4.79 Å². The molecule has 2 fully saturated rings. The van der Waals surface area contributed by atoms with E-state index in [4.69, 9.17) is 0 Å². The molecule has 126 valence electrons. The smallest absolute Gasteiger partial charge is 0.226 e. The Balaban J connectivity index is 1.44. The molecule has 5 nitrogen and oxygen atoms in total. The van der Waals surface area contributed by atoms with Crippen molar-refractivity contribution in [1.82, 2.24) is 19.7 Å². The molecule has 2 aliphatic rings. The Labute approximate surface area is 138 Å². The molecule has 0 N–H and O–H groups in total. The van der Waals surface area contributed by atoms with Gasteiger partial charge in [-0.1, -0.05) is 0 Å². The number of carbonyl (C=O) groups is 1. The van der Waals surface area contributed by atoms with E-state index in [1.165, 1.54) is 12.4 Å². The first-order valence-corrected chi connectivity index (χ1v) is 8.21. The largest absolute Gasteiger partial charge is 0.340 e. The van der Waals surface area contributed by atoms with Gasteiger partial charge >= 0.3 is 0 Å². The Hall–Kier alpha value is -2.31. The lowest BCUT2D eigenvalue weighted by Crippen LogP contribution is -2.41. The van der Waals surface area contributed by atoms with E-state index in [1.807, 2.05) is 4.90 Å². The van der Waals surface area contributed by atoms with Gasteiger partial charge < -0.3 is 4.90 Å². The predicted molar refractivity (Wildman–Crippen MR) is 82.1 cm³/mol. The summed E-state index contributed by atoms with van der Waals surface area (Å²) in [6.07, 6.45) is 5.61. The lowest BCUT2D eigenvalue weighted by molar-refractivity contribution is -0.134. The zero-order chi connectivity index (χ0) is 16.7. The number of piperidine rings is 1. The van der Waals surface area contributed by atoms with Crippen LogP contribution in [0.5, 0.6) is 0 Å². The summed E-state index contributed by atoms with van der Waals surface area (Å²) in [4.78, 5) is 18.5. The Bertz CT molecular complexity index is 749. The third kappa shape index (κ3) is 2.79. The molecule has 1 amide bonds. The van der Waals surface area contributed by atoms with Gasteiger partial charge in [-0.2, -0.15) is 5.10 Å². The van der Waals surface area contributed by atoms with E-state index in [0.29, 0.717) is 25.1 Å². The number of rotatable bonds is 3. The van der Waals surface area contributed by atoms with Crippen molar-refractivity contribution in [3.63, 3.8) is 0 Å². The lowest BCUT2D eigenvalue weighted by atomic mass is 10.0. The van der Waals surface area contributed by atoms with Crippen LogP contribution in [0.2, 0.25) is 0 Å². The summed E-state index contributed by atoms with van der Waals surface area (Å²) in [6.45, 7) is 1.30. The molecule has 1 saturated heterocycles. The summed E-state index contributed by atoms with van der Waals surface area (Å²) in [5, 5.41) is 4.15. The van der Waals surface area contributed by atoms with Gasteiger partial charge in [-0.15, -0.1) is 0 Å². The predicted octanol–water partition coefficient (Wildman–Crippen LogP) is 2.52. The van der Waals surface area contributed by atoms with Gasteiger partial charge in [0.05, 0.1) is 6.04 Å². The summed E-state index contributed by atoms with van der Waals surface area (Å²) in [5.41, 5.74) is 0.318. The number of likely N-dealkylation sites (tertiary alicyclic amines) is 1. The normalized spacial score (nSPS) is 26.4. The van der Waals surface area contributed by atoms with Crippen molar-refractivity contribution in [2.24, 2.45) is 5.92 Å². The molecule has 0 radical (unpaired) electrons. The standard InChI is InChI=1S/C17H18F2N4O/c18-11-3-4-16(19)14(6-11)13-7-15(13)17(24)22-5-1-2-12(8-22)23-10-20-9-21-23/h3-4,6,9-10,12-13,15H,1-2,5,7-8H2/t12-,13+,15-/m1/s1. The molecule has 1 aromatic heterocycles. The maximum atomic E-state index is 13.9. The highest BCUT2D eigenvalue weighted by atomic mass is 19.1. The third-order valence-electron chi connectivity index (χ3n) is 4.98. The molecule has 7 heteroatoms. The second kappa shape index (κ2) is 5.96. The number of nitrogens with zero attached hydrogens (tertiary/aromatic N) is 4. The van der Waals surface area contributed by atoms with E-state index < -0.39 is 11.6 Å². The van der Waals surface area contributed by atoms with Gasteiger partial charge in [-0.25, -0.2) is 18.4 Å². The first kappa shape index (κ1) is 15.2. The average Bonchev–Trinajstić information content (AvgIpc) is 3.19. The van der Waals surface area contributed by atoms with Crippen molar-refractivity contribution in [3.05, 3.63) is 48.1 Å². The van der Waals surface area contributed by atoms with Crippen molar-refractivity contribution >= 4 is 5.91 Å². The van der Waals surface area contributed by atoms with Crippen molar-refractivity contribution in [1.29, 1.82) is 0 Å². The van der Waals surface area contributed by atoms with Gasteiger partial charge in [0.2, 0.25) is 5.91 Å². The van der Waals surface area contributed by atoms with Crippen molar-refractivity contribution in [2.45, 2.75) is 31.2 Å². The monoisotopic (exact) mass is 332 g/mol. The molecule has 3 atom stereocenters. The highest BCUT2D eigenvalue weighted by molar-refractivity contribution is 5.83. The van der Waals surface area contributed by atoms with E-state index in [9.17, 15) is 13.6 Å². The van der Waals surface area contributed by atoms with Crippen LogP contribution in [0.1, 0.15) is 36.8 Å². The summed E-state index contributed by atoms with van der Waals surface area (Å²) >= 11 is 0. The Kier molecular flexibility index (Phi) is 3.78. The van der Waals surface area contributed by atoms with Gasteiger partial charge in [0.1, 0.15) is 24.3 Å². The molecule has 1 aliphatic heterocycles. The highest BCUT2D eigenvalue weighted by Gasteiger charge is 2.47. The molecule has 2 heterocycles. The summed E-state index contributed by atoms with van der Waals surface area (Å²) in [7, 11) is 0. The maximum absolute atomic E-state index is 13.9. The molecule has 0 spiro atoms. The van der Waals surface area contributed by atoms with E-state index in [-0.39, 0.29) is 23.8 Å². The van der Waals surface area contributed by atoms with Gasteiger partial charge in [0.25, 0.3) is 0 Å². The molecule has 0 unspecified atom stereocenters. The minimum Gasteiger partial charge on any atom is -0.340 e. The van der Waals surface area contributed by atoms with Gasteiger partial charge in [-0.05, 0) is 48.9 Å². The van der Waals surface area contributed by atoms with E-state index in [0.717, 1.165) is 25.0 Å². The second-order valence-corrected chi connectivity index (χ2v) is 6.57. The van der Waals surface area contributed by atoms with Crippen molar-refractivity contribution < 1.29 is 13.6 Å². The van der Waals surface area contributed by atoms with Crippen LogP contribution in [-0.4, -0.2) is 38.7 Å². The molecular weight excluding hydrogens is 314 g/mol. The quantitative estimate of drug-likeness (QED) is 0.868. The summed E-state index contributed by atoms with van der Waals surface area (Å²) in [6, 6.07) is 3.58. The minimum absolute atomic E-state index is 0.0356. The summed E-state index contributed by atoms with van der Waals surface area (Å²) in [5.74, 6) is -1.31. The maximum Gasteiger partial charge on any atom is 0.226 e. The highest BCUT2D eigenvalue weighted by Crippen LogP contribution is 2.49. The van der Waals surface area contributed by atoms with Crippen LogP contribution >= 0.6 is 0 Å². The zero-order valence-electron chi connectivity index (χ0n) is 13.1. The molecule has 1 saturated carbocycles. The number of carbonyl (C=O) groups excluding carboxylic acids is 1.